The van der Waals surface area contributed by atoms with E-state index in [1.165, 1.54) is 12.5 Å². The molecule has 2 atom stereocenters. The van der Waals surface area contributed by atoms with Gasteiger partial charge in [-0.05, 0) is 48.7 Å². The summed E-state index contributed by atoms with van der Waals surface area (Å²) in [5.41, 5.74) is 1.61. The number of carbonyl (C=O) groups excluding carboxylic acids is 1. The number of ether oxygens (including phenoxy) is 1. The largest absolute Gasteiger partial charge is 0.369 e. The first-order valence-electron chi connectivity index (χ1n) is 12.9. The van der Waals surface area contributed by atoms with Crippen molar-refractivity contribution in [3.63, 3.8) is 0 Å². The van der Waals surface area contributed by atoms with E-state index in [4.69, 9.17) is 9.72 Å². The lowest BCUT2D eigenvalue weighted by Gasteiger charge is -2.34. The van der Waals surface area contributed by atoms with Gasteiger partial charge in [-0.25, -0.2) is 13.8 Å². The average molecular weight is 514 g/mol. The maximum absolute atomic E-state index is 14.6. The summed E-state index contributed by atoms with van der Waals surface area (Å²) in [6, 6.07) is 11.5. The van der Waals surface area contributed by atoms with Crippen molar-refractivity contribution in [2.45, 2.75) is 63.1 Å². The molecule has 1 amide bonds. The number of hydrogen-bond acceptors (Lipinski definition) is 4. The Labute approximate surface area is 215 Å². The van der Waals surface area contributed by atoms with Crippen LogP contribution in [-0.2, 0) is 9.53 Å². The van der Waals surface area contributed by atoms with Crippen molar-refractivity contribution in [2.24, 2.45) is 5.92 Å². The van der Waals surface area contributed by atoms with Gasteiger partial charge in [0.2, 0.25) is 5.91 Å². The van der Waals surface area contributed by atoms with E-state index in [1.54, 1.807) is 7.11 Å². The maximum Gasteiger partial charge on any atom is 0.243 e. The monoisotopic (exact) mass is 513 g/mol. The summed E-state index contributed by atoms with van der Waals surface area (Å²) in [4.78, 5) is 18.8. The lowest BCUT2D eigenvalue weighted by Crippen LogP contribution is -2.44. The van der Waals surface area contributed by atoms with Crippen molar-refractivity contribution in [1.29, 1.82) is 0 Å². The third kappa shape index (κ3) is 5.16. The number of thioether (sulfide) groups is 1. The molecule has 192 valence electrons. The number of fused-ring (bicyclic) bond motifs is 1. The van der Waals surface area contributed by atoms with E-state index in [-0.39, 0.29) is 17.9 Å². The van der Waals surface area contributed by atoms with E-state index in [2.05, 4.69) is 5.32 Å². The van der Waals surface area contributed by atoms with Gasteiger partial charge in [0, 0.05) is 25.3 Å². The Morgan fingerprint density at radius 3 is 2.44 bits per heavy atom. The molecule has 8 heteroatoms. The molecule has 1 aliphatic heterocycles. The third-order valence-electron chi connectivity index (χ3n) is 7.54. The Morgan fingerprint density at radius 2 is 1.75 bits per heavy atom. The number of amides is 1. The number of methoxy groups -OCH3 is 1. The molecule has 1 aliphatic carbocycles. The van der Waals surface area contributed by atoms with Gasteiger partial charge < -0.3 is 14.6 Å². The van der Waals surface area contributed by atoms with Crippen LogP contribution in [0.3, 0.4) is 0 Å². The summed E-state index contributed by atoms with van der Waals surface area (Å²) < 4.78 is 36.6. The van der Waals surface area contributed by atoms with Crippen LogP contribution in [0.1, 0.15) is 68.5 Å². The summed E-state index contributed by atoms with van der Waals surface area (Å²) in [5, 5.41) is 3.32. The highest BCUT2D eigenvalue weighted by molar-refractivity contribution is 7.99. The molecule has 1 aromatic heterocycles. The van der Waals surface area contributed by atoms with E-state index >= 15 is 0 Å². The van der Waals surface area contributed by atoms with Crippen LogP contribution in [-0.4, -0.2) is 40.1 Å². The quantitative estimate of drug-likeness (QED) is 0.410. The first-order chi connectivity index (χ1) is 17.6. The molecular formula is C28H33F2N3O2S. The van der Waals surface area contributed by atoms with E-state index in [1.807, 2.05) is 46.7 Å². The number of halogens is 2. The Bertz CT molecular complexity index is 1190. The van der Waals surface area contributed by atoms with Gasteiger partial charge in [-0.3, -0.25) is 4.79 Å². The molecule has 2 heterocycles. The predicted octanol–water partition coefficient (Wildman–Crippen LogP) is 6.18. The number of benzene rings is 2. The Morgan fingerprint density at radius 1 is 1.06 bits per heavy atom. The molecule has 0 radical (unpaired) electrons. The van der Waals surface area contributed by atoms with E-state index in [0.29, 0.717) is 16.9 Å². The number of nitrogens with one attached hydrogen (secondary N) is 1. The topological polar surface area (TPSA) is 56.2 Å². The van der Waals surface area contributed by atoms with Crippen molar-refractivity contribution >= 4 is 28.7 Å². The zero-order valence-electron chi connectivity index (χ0n) is 20.6. The second kappa shape index (κ2) is 11.3. The van der Waals surface area contributed by atoms with Crippen LogP contribution in [0.25, 0.3) is 11.0 Å². The second-order valence-corrected chi connectivity index (χ2v) is 11.1. The number of hydrogen-bond donors (Lipinski definition) is 1. The van der Waals surface area contributed by atoms with Gasteiger partial charge in [-0.1, -0.05) is 49.6 Å². The molecule has 3 aromatic rings. The van der Waals surface area contributed by atoms with Crippen LogP contribution < -0.4 is 5.32 Å². The predicted molar refractivity (Wildman–Crippen MR) is 139 cm³/mol. The van der Waals surface area contributed by atoms with Crippen molar-refractivity contribution < 1.29 is 18.3 Å². The van der Waals surface area contributed by atoms with Gasteiger partial charge in [0.1, 0.15) is 18.0 Å². The molecule has 0 bridgehead atoms. The van der Waals surface area contributed by atoms with Gasteiger partial charge in [0.25, 0.3) is 0 Å². The molecule has 1 N–H and O–H groups in total. The van der Waals surface area contributed by atoms with Gasteiger partial charge in [0.05, 0.1) is 11.0 Å². The minimum absolute atomic E-state index is 0.0624. The van der Waals surface area contributed by atoms with Gasteiger partial charge in [-0.2, -0.15) is 11.8 Å². The number of imidazole rings is 1. The SMILES string of the molecule is CO[C@@H](c1ccccc1)c1nc2cc(F)c(F)cc2n1C(C(=O)NC1CCCCC1)C1CCSCC1. The van der Waals surface area contributed by atoms with E-state index in [9.17, 15) is 13.6 Å². The smallest absolute Gasteiger partial charge is 0.243 e. The molecule has 1 saturated carbocycles. The van der Waals surface area contributed by atoms with E-state index in [0.717, 1.165) is 61.7 Å². The second-order valence-electron chi connectivity index (χ2n) is 9.86. The van der Waals surface area contributed by atoms with Crippen molar-refractivity contribution in [3.05, 3.63) is 65.5 Å². The maximum atomic E-state index is 14.6. The molecule has 0 spiro atoms. The highest BCUT2D eigenvalue weighted by atomic mass is 32.2. The number of carbonyl (C=O) groups is 1. The van der Waals surface area contributed by atoms with E-state index < -0.39 is 23.8 Å². The Hall–Kier alpha value is -2.45. The average Bonchev–Trinajstić information content (AvgIpc) is 3.24. The van der Waals surface area contributed by atoms with Crippen LogP contribution >= 0.6 is 11.8 Å². The van der Waals surface area contributed by atoms with Crippen LogP contribution in [0.5, 0.6) is 0 Å². The molecule has 36 heavy (non-hydrogen) atoms. The summed E-state index contributed by atoms with van der Waals surface area (Å²) in [6.07, 6.45) is 6.52. The molecule has 5 nitrogen and oxygen atoms in total. The third-order valence-corrected chi connectivity index (χ3v) is 8.59. The van der Waals surface area contributed by atoms with Crippen molar-refractivity contribution in [2.75, 3.05) is 18.6 Å². The normalized spacial score (nSPS) is 19.3. The van der Waals surface area contributed by atoms with Gasteiger partial charge in [-0.15, -0.1) is 0 Å². The van der Waals surface area contributed by atoms with Crippen LogP contribution in [0, 0.1) is 17.6 Å². The highest BCUT2D eigenvalue weighted by Crippen LogP contribution is 2.39. The summed E-state index contributed by atoms with van der Waals surface area (Å²) in [7, 11) is 1.59. The fourth-order valence-corrected chi connectivity index (χ4v) is 6.85. The fraction of sp³-hybridized carbons (Fsp3) is 0.500. The minimum atomic E-state index is -0.954. The van der Waals surface area contributed by atoms with Crippen LogP contribution in [0.4, 0.5) is 8.78 Å². The lowest BCUT2D eigenvalue weighted by molar-refractivity contribution is -0.127. The minimum Gasteiger partial charge on any atom is -0.369 e. The Kier molecular flexibility index (Phi) is 7.91. The first kappa shape index (κ1) is 25.2. The molecule has 1 unspecified atom stereocenters. The molecule has 2 fully saturated rings. The lowest BCUT2D eigenvalue weighted by atomic mass is 9.90. The van der Waals surface area contributed by atoms with Crippen LogP contribution in [0.15, 0.2) is 42.5 Å². The first-order valence-corrected chi connectivity index (χ1v) is 14.0. The van der Waals surface area contributed by atoms with Crippen LogP contribution in [0.2, 0.25) is 0 Å². The summed E-state index contributed by atoms with van der Waals surface area (Å²) >= 11 is 1.89. The molecule has 1 saturated heterocycles. The number of rotatable bonds is 7. The fourth-order valence-electron chi connectivity index (χ4n) is 5.71. The zero-order chi connectivity index (χ0) is 25.1. The molecule has 2 aliphatic rings. The molecule has 2 aromatic carbocycles. The highest BCUT2D eigenvalue weighted by Gasteiger charge is 2.37. The summed E-state index contributed by atoms with van der Waals surface area (Å²) in [5.74, 6) is 0.522. The van der Waals surface area contributed by atoms with Gasteiger partial charge >= 0.3 is 0 Å². The summed E-state index contributed by atoms with van der Waals surface area (Å²) in [6.45, 7) is 0. The molecule has 5 rings (SSSR count). The Balaban J connectivity index is 1.66. The van der Waals surface area contributed by atoms with Gasteiger partial charge in [0.15, 0.2) is 11.6 Å². The van der Waals surface area contributed by atoms with Crippen molar-refractivity contribution in [1.82, 2.24) is 14.9 Å². The standard InChI is InChI=1S/C28H33F2N3O2S/c1-35-26(19-8-4-2-5-9-19)27-32-23-16-21(29)22(30)17-24(23)33(27)25(18-12-14-36-15-13-18)28(34)31-20-10-6-3-7-11-20/h2,4-5,8-9,16-18,20,25-26H,3,6-7,10-15H2,1H3,(H,31,34)/t25?,26-/m0/s1. The zero-order valence-corrected chi connectivity index (χ0v) is 21.4. The molecular weight excluding hydrogens is 480 g/mol. The number of aromatic nitrogens is 2. The van der Waals surface area contributed by atoms with Crippen molar-refractivity contribution in [3.8, 4) is 0 Å². The number of nitrogens with zero attached hydrogens (tertiary/aromatic N) is 2.